The van der Waals surface area contributed by atoms with Gasteiger partial charge in [0.2, 0.25) is 0 Å². The number of hydrogen-bond acceptors (Lipinski definition) is 5. The minimum absolute atomic E-state index is 0.104. The normalized spacial score (nSPS) is 10.8. The molecule has 1 heterocycles. The maximum Gasteiger partial charge on any atom is 0.293 e. The number of aromatic nitrogens is 1. The van der Waals surface area contributed by atoms with Crippen LogP contribution in [0.4, 0.5) is 11.4 Å². The second kappa shape index (κ2) is 8.23. The second-order valence-corrected chi connectivity index (χ2v) is 7.38. The van der Waals surface area contributed by atoms with Crippen LogP contribution in [0.5, 0.6) is 5.75 Å². The zero-order valence-corrected chi connectivity index (χ0v) is 17.4. The third-order valence-corrected chi connectivity index (χ3v) is 5.00. The molecule has 0 aliphatic rings. The van der Waals surface area contributed by atoms with Gasteiger partial charge in [0.15, 0.2) is 12.4 Å². The lowest BCUT2D eigenvalue weighted by Crippen LogP contribution is -2.21. The first-order valence-electron chi connectivity index (χ1n) is 8.61. The number of pyridine rings is 1. The highest BCUT2D eigenvalue weighted by atomic mass is 35.5. The predicted octanol–water partition coefficient (Wildman–Crippen LogP) is 5.39. The molecule has 0 aliphatic carbocycles. The molecule has 0 spiro atoms. The average molecular weight is 434 g/mol. The van der Waals surface area contributed by atoms with Gasteiger partial charge in [0.25, 0.3) is 11.6 Å². The van der Waals surface area contributed by atoms with Crippen LogP contribution >= 0.6 is 23.2 Å². The molecule has 1 aromatic heterocycles. The topological polar surface area (TPSA) is 94.4 Å². The van der Waals surface area contributed by atoms with E-state index < -0.39 is 17.4 Å². The van der Waals surface area contributed by atoms with Crippen LogP contribution in [0.1, 0.15) is 16.8 Å². The molecule has 0 saturated heterocycles. The molecule has 0 saturated carbocycles. The average Bonchev–Trinajstić information content (AvgIpc) is 2.63. The molecule has 1 N–H and O–H groups in total. The number of rotatable bonds is 5. The highest BCUT2D eigenvalue weighted by Gasteiger charge is 2.19. The van der Waals surface area contributed by atoms with Gasteiger partial charge in [0, 0.05) is 17.1 Å². The number of anilines is 1. The van der Waals surface area contributed by atoms with Crippen LogP contribution in [-0.2, 0) is 4.79 Å². The SMILES string of the molecule is Cc1ccc2c(Cl)cc(Cl)c(OCC(=O)Nc3cc(C)c(C)cc3[N+](=O)[O-])c2n1. The smallest absolute Gasteiger partial charge is 0.293 e. The van der Waals surface area contributed by atoms with Crippen molar-refractivity contribution in [2.24, 2.45) is 0 Å². The van der Waals surface area contributed by atoms with Crippen LogP contribution in [0.3, 0.4) is 0 Å². The van der Waals surface area contributed by atoms with Crippen molar-refractivity contribution in [2.75, 3.05) is 11.9 Å². The first-order chi connectivity index (χ1) is 13.7. The van der Waals surface area contributed by atoms with E-state index >= 15 is 0 Å². The van der Waals surface area contributed by atoms with Crippen LogP contribution in [0.25, 0.3) is 10.9 Å². The molecule has 7 nitrogen and oxygen atoms in total. The van der Waals surface area contributed by atoms with Gasteiger partial charge in [-0.15, -0.1) is 0 Å². The van der Waals surface area contributed by atoms with Crippen molar-refractivity contribution in [3.05, 3.63) is 67.3 Å². The minimum atomic E-state index is -0.567. The Morgan fingerprint density at radius 1 is 1.14 bits per heavy atom. The summed E-state index contributed by atoms with van der Waals surface area (Å²) in [4.78, 5) is 27.5. The summed E-state index contributed by atoms with van der Waals surface area (Å²) in [6.07, 6.45) is 0. The van der Waals surface area contributed by atoms with Crippen molar-refractivity contribution in [1.82, 2.24) is 4.98 Å². The molecule has 3 aromatic rings. The highest BCUT2D eigenvalue weighted by Crippen LogP contribution is 2.37. The number of nitrogens with one attached hydrogen (secondary N) is 1. The van der Waals surface area contributed by atoms with Gasteiger partial charge >= 0.3 is 0 Å². The number of nitrogens with zero attached hydrogens (tertiary/aromatic N) is 2. The van der Waals surface area contributed by atoms with Gasteiger partial charge in [0.05, 0.1) is 15.0 Å². The standard InChI is InChI=1S/C20H17Cl2N3O4/c1-10-6-16(17(25(27)28)7-11(10)2)24-18(26)9-29-20-15(22)8-14(21)13-5-4-12(3)23-19(13)20/h4-8H,9H2,1-3H3,(H,24,26). The van der Waals surface area contributed by atoms with Crippen molar-refractivity contribution in [3.63, 3.8) is 0 Å². The number of benzene rings is 2. The predicted molar refractivity (Wildman–Crippen MR) is 113 cm³/mol. The zero-order chi connectivity index (χ0) is 21.3. The summed E-state index contributed by atoms with van der Waals surface area (Å²) in [6, 6.07) is 8.09. The minimum Gasteiger partial charge on any atom is -0.480 e. The number of nitro benzene ring substituents is 1. The third kappa shape index (κ3) is 4.41. The largest absolute Gasteiger partial charge is 0.480 e. The van der Waals surface area contributed by atoms with Gasteiger partial charge in [-0.2, -0.15) is 0 Å². The Morgan fingerprint density at radius 2 is 1.83 bits per heavy atom. The summed E-state index contributed by atoms with van der Waals surface area (Å²) in [7, 11) is 0. The summed E-state index contributed by atoms with van der Waals surface area (Å²) >= 11 is 12.4. The highest BCUT2D eigenvalue weighted by molar-refractivity contribution is 6.39. The van der Waals surface area contributed by atoms with Crippen molar-refractivity contribution in [2.45, 2.75) is 20.8 Å². The molecule has 29 heavy (non-hydrogen) atoms. The van der Waals surface area contributed by atoms with Crippen molar-refractivity contribution < 1.29 is 14.5 Å². The first-order valence-corrected chi connectivity index (χ1v) is 9.36. The number of ether oxygens (including phenoxy) is 1. The molecular formula is C20H17Cl2N3O4. The number of halogens is 2. The van der Waals surface area contributed by atoms with E-state index in [1.165, 1.54) is 12.1 Å². The van der Waals surface area contributed by atoms with Crippen LogP contribution in [-0.4, -0.2) is 22.4 Å². The van der Waals surface area contributed by atoms with E-state index in [9.17, 15) is 14.9 Å². The van der Waals surface area contributed by atoms with Crippen LogP contribution in [0.15, 0.2) is 30.3 Å². The van der Waals surface area contributed by atoms with Gasteiger partial charge in [-0.1, -0.05) is 23.2 Å². The summed E-state index contributed by atoms with van der Waals surface area (Å²) in [6.45, 7) is 4.97. The monoisotopic (exact) mass is 433 g/mol. The number of carbonyl (C=O) groups excluding carboxylic acids is 1. The van der Waals surface area contributed by atoms with E-state index in [-0.39, 0.29) is 22.1 Å². The van der Waals surface area contributed by atoms with Crippen LogP contribution in [0.2, 0.25) is 10.0 Å². The van der Waals surface area contributed by atoms with Gasteiger partial charge in [-0.25, -0.2) is 4.98 Å². The van der Waals surface area contributed by atoms with E-state index in [0.29, 0.717) is 15.9 Å². The lowest BCUT2D eigenvalue weighted by molar-refractivity contribution is -0.384. The van der Waals surface area contributed by atoms with Gasteiger partial charge < -0.3 is 10.1 Å². The third-order valence-electron chi connectivity index (χ3n) is 4.41. The molecule has 0 atom stereocenters. The zero-order valence-electron chi connectivity index (χ0n) is 15.9. The molecule has 2 aromatic carbocycles. The Kier molecular flexibility index (Phi) is 5.91. The molecule has 0 bridgehead atoms. The number of aryl methyl sites for hydroxylation is 3. The molecule has 9 heteroatoms. The maximum atomic E-state index is 12.4. The van der Waals surface area contributed by atoms with E-state index in [1.54, 1.807) is 32.0 Å². The van der Waals surface area contributed by atoms with E-state index in [1.807, 2.05) is 6.92 Å². The van der Waals surface area contributed by atoms with Crippen molar-refractivity contribution >= 4 is 51.4 Å². The Morgan fingerprint density at radius 3 is 2.52 bits per heavy atom. The fraction of sp³-hybridized carbons (Fsp3) is 0.200. The molecule has 150 valence electrons. The fourth-order valence-corrected chi connectivity index (χ4v) is 3.37. The number of amides is 1. The van der Waals surface area contributed by atoms with E-state index in [2.05, 4.69) is 10.3 Å². The molecule has 0 aliphatic heterocycles. The Bertz CT molecular complexity index is 1150. The molecule has 0 radical (unpaired) electrons. The molecule has 0 unspecified atom stereocenters. The molecular weight excluding hydrogens is 417 g/mol. The Balaban J connectivity index is 1.85. The summed E-state index contributed by atoms with van der Waals surface area (Å²) in [5.41, 5.74) is 2.66. The maximum absolute atomic E-state index is 12.4. The van der Waals surface area contributed by atoms with Crippen molar-refractivity contribution in [3.8, 4) is 5.75 Å². The van der Waals surface area contributed by atoms with Crippen LogP contribution in [0, 0.1) is 30.9 Å². The second-order valence-electron chi connectivity index (χ2n) is 6.57. The molecule has 3 rings (SSSR count). The lowest BCUT2D eigenvalue weighted by Gasteiger charge is -2.13. The quantitative estimate of drug-likeness (QED) is 0.429. The first kappa shape index (κ1) is 20.8. The van der Waals surface area contributed by atoms with Gasteiger partial charge in [0.1, 0.15) is 11.2 Å². The summed E-state index contributed by atoms with van der Waals surface area (Å²) in [5.74, 6) is -0.345. The number of fused-ring (bicyclic) bond motifs is 1. The van der Waals surface area contributed by atoms with Crippen LogP contribution < -0.4 is 10.1 Å². The van der Waals surface area contributed by atoms with Gasteiger partial charge in [-0.3, -0.25) is 14.9 Å². The van der Waals surface area contributed by atoms with Gasteiger partial charge in [-0.05, 0) is 56.2 Å². The number of hydrogen-bond donors (Lipinski definition) is 1. The van der Waals surface area contributed by atoms with E-state index in [4.69, 9.17) is 27.9 Å². The number of carbonyl (C=O) groups is 1. The summed E-state index contributed by atoms with van der Waals surface area (Å²) in [5, 5.41) is 15.1. The van der Waals surface area contributed by atoms with E-state index in [0.717, 1.165) is 16.8 Å². The molecule has 0 fully saturated rings. The molecule has 1 amide bonds. The summed E-state index contributed by atoms with van der Waals surface area (Å²) < 4.78 is 5.61. The Hall–Kier alpha value is -2.90. The van der Waals surface area contributed by atoms with Crippen molar-refractivity contribution in [1.29, 1.82) is 0 Å². The lowest BCUT2D eigenvalue weighted by atomic mass is 10.1. The number of nitro groups is 1. The fourth-order valence-electron chi connectivity index (χ4n) is 2.80. The Labute approximate surface area is 176 Å².